The fraction of sp³-hybridized carbons (Fsp3) is 0.0800. The molecule has 3 aromatic rings. The number of amides is 2. The average Bonchev–Trinajstić information content (AvgIpc) is 2.84. The van der Waals surface area contributed by atoms with E-state index in [0.29, 0.717) is 28.1 Å². The largest absolute Gasteiger partial charge is 0.497 e. The molecule has 3 rings (SSSR count). The van der Waals surface area contributed by atoms with Crippen LogP contribution < -0.4 is 15.4 Å². The van der Waals surface area contributed by atoms with Gasteiger partial charge in [0.2, 0.25) is 0 Å². The van der Waals surface area contributed by atoms with E-state index in [1.54, 1.807) is 79.9 Å². The van der Waals surface area contributed by atoms with Crippen LogP contribution in [0.5, 0.6) is 5.75 Å². The predicted molar refractivity (Wildman–Crippen MR) is 121 cm³/mol. The maximum atomic E-state index is 13.0. The summed E-state index contributed by atoms with van der Waals surface area (Å²) in [4.78, 5) is 37.2. The number of rotatable bonds is 7. The number of hydrogen-bond acceptors (Lipinski definition) is 5. The zero-order valence-corrected chi connectivity index (χ0v) is 17.6. The van der Waals surface area contributed by atoms with Gasteiger partial charge in [-0.05, 0) is 60.2 Å². The van der Waals surface area contributed by atoms with Gasteiger partial charge >= 0.3 is 5.97 Å². The number of benzene rings is 3. The molecule has 0 radical (unpaired) electrons. The molecule has 0 aliphatic heterocycles. The molecule has 0 atom stereocenters. The van der Waals surface area contributed by atoms with Crippen LogP contribution in [0.4, 0.5) is 5.69 Å². The van der Waals surface area contributed by atoms with Crippen LogP contribution in [0.2, 0.25) is 0 Å². The Hall–Kier alpha value is -4.39. The molecule has 162 valence electrons. The number of hydrogen-bond donors (Lipinski definition) is 2. The van der Waals surface area contributed by atoms with E-state index in [1.807, 2.05) is 0 Å². The Balaban J connectivity index is 1.84. The SMILES string of the molecule is COC(=O)c1ccc(NC(=O)/C(=C\c2ccc(OC)cc2)NC(=O)c2ccccc2)cc1. The van der Waals surface area contributed by atoms with Crippen LogP contribution in [0.1, 0.15) is 26.3 Å². The molecular weight excluding hydrogens is 408 g/mol. The lowest BCUT2D eigenvalue weighted by atomic mass is 10.1. The van der Waals surface area contributed by atoms with Crippen molar-refractivity contribution in [1.29, 1.82) is 0 Å². The van der Waals surface area contributed by atoms with Gasteiger partial charge in [0.25, 0.3) is 11.8 Å². The monoisotopic (exact) mass is 430 g/mol. The molecule has 32 heavy (non-hydrogen) atoms. The molecule has 0 saturated carbocycles. The topological polar surface area (TPSA) is 93.7 Å². The second kappa shape index (κ2) is 10.6. The molecule has 0 aliphatic rings. The second-order valence-corrected chi connectivity index (χ2v) is 6.67. The van der Waals surface area contributed by atoms with Crippen molar-refractivity contribution in [3.8, 4) is 5.75 Å². The molecule has 7 nitrogen and oxygen atoms in total. The molecule has 0 saturated heterocycles. The first kappa shape index (κ1) is 22.3. The van der Waals surface area contributed by atoms with E-state index in [2.05, 4.69) is 15.4 Å². The molecule has 7 heteroatoms. The van der Waals surface area contributed by atoms with Crippen molar-refractivity contribution < 1.29 is 23.9 Å². The molecule has 0 aromatic heterocycles. The van der Waals surface area contributed by atoms with Gasteiger partial charge in [0.15, 0.2) is 0 Å². The van der Waals surface area contributed by atoms with Crippen molar-refractivity contribution in [1.82, 2.24) is 5.32 Å². The van der Waals surface area contributed by atoms with Crippen molar-refractivity contribution in [2.75, 3.05) is 19.5 Å². The van der Waals surface area contributed by atoms with E-state index >= 15 is 0 Å². The molecule has 2 N–H and O–H groups in total. The summed E-state index contributed by atoms with van der Waals surface area (Å²) in [7, 11) is 2.86. The van der Waals surface area contributed by atoms with E-state index < -0.39 is 17.8 Å². The van der Waals surface area contributed by atoms with E-state index in [-0.39, 0.29) is 5.70 Å². The maximum Gasteiger partial charge on any atom is 0.337 e. The molecule has 0 aliphatic carbocycles. The first-order chi connectivity index (χ1) is 15.5. The quantitative estimate of drug-likeness (QED) is 0.438. The van der Waals surface area contributed by atoms with Crippen LogP contribution in [-0.4, -0.2) is 32.0 Å². The Bertz CT molecular complexity index is 1120. The summed E-state index contributed by atoms with van der Waals surface area (Å²) < 4.78 is 9.83. The highest BCUT2D eigenvalue weighted by Crippen LogP contribution is 2.16. The Kier molecular flexibility index (Phi) is 7.37. The molecule has 0 heterocycles. The molecule has 3 aromatic carbocycles. The molecule has 0 spiro atoms. The highest BCUT2D eigenvalue weighted by molar-refractivity contribution is 6.10. The first-order valence-corrected chi connectivity index (χ1v) is 9.72. The van der Waals surface area contributed by atoms with Crippen molar-refractivity contribution in [2.45, 2.75) is 0 Å². The highest BCUT2D eigenvalue weighted by atomic mass is 16.5. The van der Waals surface area contributed by atoms with Gasteiger partial charge in [-0.15, -0.1) is 0 Å². The standard InChI is InChI=1S/C25H22N2O5/c1-31-21-14-8-17(9-15-21)16-22(27-23(28)18-6-4-3-5-7-18)24(29)26-20-12-10-19(11-13-20)25(30)32-2/h3-16H,1-2H3,(H,26,29)(H,27,28)/b22-16+. The third kappa shape index (κ3) is 5.82. The lowest BCUT2D eigenvalue weighted by Gasteiger charge is -2.12. The lowest BCUT2D eigenvalue weighted by Crippen LogP contribution is -2.30. The average molecular weight is 430 g/mol. The van der Waals surface area contributed by atoms with E-state index in [9.17, 15) is 14.4 Å². The van der Waals surface area contributed by atoms with Gasteiger partial charge in [0.1, 0.15) is 11.4 Å². The molecule has 0 unspecified atom stereocenters. The summed E-state index contributed by atoms with van der Waals surface area (Å²) in [6.45, 7) is 0. The van der Waals surface area contributed by atoms with E-state index in [0.717, 1.165) is 0 Å². The smallest absolute Gasteiger partial charge is 0.337 e. The summed E-state index contributed by atoms with van der Waals surface area (Å²) >= 11 is 0. The zero-order chi connectivity index (χ0) is 22.9. The second-order valence-electron chi connectivity index (χ2n) is 6.67. The van der Waals surface area contributed by atoms with Gasteiger partial charge in [0.05, 0.1) is 19.8 Å². The van der Waals surface area contributed by atoms with Crippen molar-refractivity contribution >= 4 is 29.5 Å². The van der Waals surface area contributed by atoms with Crippen LogP contribution in [0, 0.1) is 0 Å². The molecular formula is C25H22N2O5. The number of esters is 1. The third-order valence-electron chi connectivity index (χ3n) is 4.52. The van der Waals surface area contributed by atoms with Crippen molar-refractivity contribution in [2.24, 2.45) is 0 Å². The number of methoxy groups -OCH3 is 2. The summed E-state index contributed by atoms with van der Waals surface area (Å²) in [5.41, 5.74) is 1.99. The number of anilines is 1. The zero-order valence-electron chi connectivity index (χ0n) is 17.6. The first-order valence-electron chi connectivity index (χ1n) is 9.72. The van der Waals surface area contributed by atoms with Gasteiger partial charge in [-0.3, -0.25) is 9.59 Å². The molecule has 0 bridgehead atoms. The van der Waals surface area contributed by atoms with Crippen molar-refractivity contribution in [3.63, 3.8) is 0 Å². The van der Waals surface area contributed by atoms with Crippen LogP contribution in [0.15, 0.2) is 84.6 Å². The number of nitrogens with one attached hydrogen (secondary N) is 2. The van der Waals surface area contributed by atoms with Crippen LogP contribution in [0.25, 0.3) is 6.08 Å². The minimum absolute atomic E-state index is 0.0565. The maximum absolute atomic E-state index is 13.0. The summed E-state index contributed by atoms with van der Waals surface area (Å²) in [5.74, 6) is -0.734. The molecule has 2 amide bonds. The third-order valence-corrected chi connectivity index (χ3v) is 4.52. The van der Waals surface area contributed by atoms with Gasteiger partial charge in [0, 0.05) is 11.3 Å². The minimum atomic E-state index is -0.518. The summed E-state index contributed by atoms with van der Waals surface area (Å²) in [6, 6.07) is 21.9. The van der Waals surface area contributed by atoms with Crippen molar-refractivity contribution in [3.05, 3.63) is 101 Å². The fourth-order valence-electron chi connectivity index (χ4n) is 2.82. The number of ether oxygens (including phenoxy) is 2. The number of carbonyl (C=O) groups excluding carboxylic acids is 3. The minimum Gasteiger partial charge on any atom is -0.497 e. The normalized spacial score (nSPS) is 10.8. The van der Waals surface area contributed by atoms with Gasteiger partial charge < -0.3 is 20.1 Å². The van der Waals surface area contributed by atoms with Gasteiger partial charge in [-0.2, -0.15) is 0 Å². The highest BCUT2D eigenvalue weighted by Gasteiger charge is 2.15. The summed E-state index contributed by atoms with van der Waals surface area (Å²) in [5, 5.41) is 5.40. The van der Waals surface area contributed by atoms with Crippen LogP contribution in [0.3, 0.4) is 0 Å². The Morgan fingerprint density at radius 1 is 0.781 bits per heavy atom. The summed E-state index contributed by atoms with van der Waals surface area (Å²) in [6.07, 6.45) is 1.57. The van der Waals surface area contributed by atoms with E-state index in [4.69, 9.17) is 4.74 Å². The van der Waals surface area contributed by atoms with Crippen LogP contribution in [-0.2, 0) is 9.53 Å². The Labute approximate surface area is 185 Å². The Morgan fingerprint density at radius 3 is 2.03 bits per heavy atom. The van der Waals surface area contributed by atoms with Gasteiger partial charge in [-0.1, -0.05) is 30.3 Å². The van der Waals surface area contributed by atoms with Crippen LogP contribution >= 0.6 is 0 Å². The fourth-order valence-corrected chi connectivity index (χ4v) is 2.82. The molecule has 0 fully saturated rings. The van der Waals surface area contributed by atoms with Gasteiger partial charge in [-0.25, -0.2) is 4.79 Å². The number of carbonyl (C=O) groups is 3. The van der Waals surface area contributed by atoms with E-state index in [1.165, 1.54) is 19.2 Å². The predicted octanol–water partition coefficient (Wildman–Crippen LogP) is 3.89. The Morgan fingerprint density at radius 2 is 1.44 bits per heavy atom. The lowest BCUT2D eigenvalue weighted by molar-refractivity contribution is -0.113.